The summed E-state index contributed by atoms with van der Waals surface area (Å²) in [5, 5.41) is 12.9. The van der Waals surface area contributed by atoms with Gasteiger partial charge in [-0.2, -0.15) is 0 Å². The maximum absolute atomic E-state index is 11.6. The number of ether oxygens (including phenoxy) is 1. The Hall–Kier alpha value is -2.66. The molecular formula is C18H19ClN2O3. The average Bonchev–Trinajstić information content (AvgIpc) is 2.57. The summed E-state index contributed by atoms with van der Waals surface area (Å²) in [5.74, 6) is -0.00844. The van der Waals surface area contributed by atoms with Gasteiger partial charge in [-0.05, 0) is 24.1 Å². The van der Waals surface area contributed by atoms with Crippen LogP contribution in [0.2, 0.25) is 5.02 Å². The zero-order valence-electron chi connectivity index (χ0n) is 13.0. The van der Waals surface area contributed by atoms with Crippen LogP contribution in [0.4, 0.5) is 10.5 Å². The molecule has 0 saturated heterocycles. The van der Waals surface area contributed by atoms with Crippen molar-refractivity contribution in [1.29, 1.82) is 0 Å². The van der Waals surface area contributed by atoms with Crippen LogP contribution in [-0.4, -0.2) is 17.7 Å². The number of nitrogens with two attached hydrogens (primary N) is 1. The molecule has 1 amide bonds. The van der Waals surface area contributed by atoms with Crippen LogP contribution in [0.1, 0.15) is 17.5 Å². The molecule has 0 bridgehead atoms. The number of rotatable bonds is 6. The monoisotopic (exact) mass is 346 g/mol. The van der Waals surface area contributed by atoms with E-state index in [4.69, 9.17) is 22.1 Å². The van der Waals surface area contributed by atoms with E-state index in [1.165, 1.54) is 6.07 Å². The lowest BCUT2D eigenvalue weighted by atomic mass is 10.1. The van der Waals surface area contributed by atoms with Gasteiger partial charge in [-0.25, -0.2) is 4.79 Å². The molecule has 0 saturated carbocycles. The molecule has 0 fully saturated rings. The Morgan fingerprint density at radius 3 is 2.79 bits per heavy atom. The van der Waals surface area contributed by atoms with Crippen LogP contribution < -0.4 is 11.1 Å². The van der Waals surface area contributed by atoms with Crippen molar-refractivity contribution in [3.8, 4) is 5.75 Å². The number of anilines is 1. The Morgan fingerprint density at radius 1 is 1.29 bits per heavy atom. The number of benzene rings is 2. The second-order valence-corrected chi connectivity index (χ2v) is 5.55. The second-order valence-electron chi connectivity index (χ2n) is 5.11. The van der Waals surface area contributed by atoms with Gasteiger partial charge in [0.05, 0.1) is 5.69 Å². The summed E-state index contributed by atoms with van der Waals surface area (Å²) in [6.07, 6.45) is 3.62. The molecule has 0 atom stereocenters. The minimum absolute atomic E-state index is 0.00844. The van der Waals surface area contributed by atoms with Crippen LogP contribution in [0.5, 0.6) is 5.75 Å². The summed E-state index contributed by atoms with van der Waals surface area (Å²) >= 11 is 5.89. The summed E-state index contributed by atoms with van der Waals surface area (Å²) in [7, 11) is 0. The summed E-state index contributed by atoms with van der Waals surface area (Å²) in [4.78, 5) is 11.6. The smallest absolute Gasteiger partial charge is 0.407 e. The first-order valence-corrected chi connectivity index (χ1v) is 7.83. The lowest BCUT2D eigenvalue weighted by Gasteiger charge is -2.06. The third-order valence-electron chi connectivity index (χ3n) is 3.22. The Labute approximate surface area is 145 Å². The van der Waals surface area contributed by atoms with Crippen LogP contribution >= 0.6 is 11.6 Å². The van der Waals surface area contributed by atoms with Gasteiger partial charge in [0.2, 0.25) is 0 Å². The fourth-order valence-electron chi connectivity index (χ4n) is 2.01. The van der Waals surface area contributed by atoms with E-state index < -0.39 is 6.09 Å². The quantitative estimate of drug-likeness (QED) is 0.420. The average molecular weight is 347 g/mol. The molecule has 2 rings (SSSR count). The van der Waals surface area contributed by atoms with E-state index in [0.29, 0.717) is 23.6 Å². The number of carbonyl (C=O) groups excluding carboxylic acids is 1. The minimum atomic E-state index is -0.470. The zero-order valence-corrected chi connectivity index (χ0v) is 13.8. The van der Waals surface area contributed by atoms with E-state index in [1.807, 2.05) is 36.4 Å². The maximum Gasteiger partial charge on any atom is 0.407 e. The van der Waals surface area contributed by atoms with Gasteiger partial charge in [0.25, 0.3) is 0 Å². The van der Waals surface area contributed by atoms with Crippen molar-refractivity contribution in [3.63, 3.8) is 0 Å². The van der Waals surface area contributed by atoms with Crippen LogP contribution in [0.25, 0.3) is 6.08 Å². The van der Waals surface area contributed by atoms with Crippen molar-refractivity contribution in [1.82, 2.24) is 5.32 Å². The predicted molar refractivity (Wildman–Crippen MR) is 95.8 cm³/mol. The van der Waals surface area contributed by atoms with Gasteiger partial charge in [-0.15, -0.1) is 0 Å². The van der Waals surface area contributed by atoms with Gasteiger partial charge in [-0.1, -0.05) is 54.1 Å². The van der Waals surface area contributed by atoms with Crippen molar-refractivity contribution in [2.75, 3.05) is 12.3 Å². The Morgan fingerprint density at radius 2 is 2.04 bits per heavy atom. The molecule has 0 aliphatic heterocycles. The van der Waals surface area contributed by atoms with Gasteiger partial charge in [0.15, 0.2) is 0 Å². The van der Waals surface area contributed by atoms with Crippen molar-refractivity contribution < 1.29 is 14.6 Å². The molecular weight excluding hydrogens is 328 g/mol. The largest absolute Gasteiger partial charge is 0.505 e. The number of aromatic hydroxyl groups is 1. The lowest BCUT2D eigenvalue weighted by molar-refractivity contribution is 0.140. The van der Waals surface area contributed by atoms with E-state index in [9.17, 15) is 9.90 Å². The fraction of sp³-hybridized carbons (Fsp3) is 0.167. The van der Waals surface area contributed by atoms with Gasteiger partial charge in [-0.3, -0.25) is 0 Å². The molecule has 4 N–H and O–H groups in total. The highest BCUT2D eigenvalue weighted by Crippen LogP contribution is 2.30. The normalized spacial score (nSPS) is 10.7. The molecule has 0 aromatic heterocycles. The molecule has 2 aromatic carbocycles. The van der Waals surface area contributed by atoms with Gasteiger partial charge in [0.1, 0.15) is 12.4 Å². The van der Waals surface area contributed by atoms with Crippen molar-refractivity contribution in [3.05, 3.63) is 64.7 Å². The number of hydrogen-bond acceptors (Lipinski definition) is 4. The lowest BCUT2D eigenvalue weighted by Crippen LogP contribution is -2.24. The summed E-state index contributed by atoms with van der Waals surface area (Å²) in [6, 6.07) is 12.6. The van der Waals surface area contributed by atoms with Crippen molar-refractivity contribution >= 4 is 29.5 Å². The number of amides is 1. The van der Waals surface area contributed by atoms with Gasteiger partial charge < -0.3 is 20.9 Å². The first-order chi connectivity index (χ1) is 11.6. The van der Waals surface area contributed by atoms with Crippen molar-refractivity contribution in [2.24, 2.45) is 0 Å². The molecule has 0 radical (unpaired) electrons. The second kappa shape index (κ2) is 8.84. The molecule has 5 nitrogen and oxygen atoms in total. The van der Waals surface area contributed by atoms with Crippen molar-refractivity contribution in [2.45, 2.75) is 13.0 Å². The number of halogens is 1. The first-order valence-electron chi connectivity index (χ1n) is 7.45. The highest BCUT2D eigenvalue weighted by atomic mass is 35.5. The predicted octanol–water partition coefficient (Wildman–Crippen LogP) is 3.96. The third-order valence-corrected chi connectivity index (χ3v) is 3.44. The number of carbonyl (C=O) groups is 1. The van der Waals surface area contributed by atoms with Crippen LogP contribution in [0, 0.1) is 0 Å². The summed E-state index contributed by atoms with van der Waals surface area (Å²) in [6.45, 7) is 0.652. The summed E-state index contributed by atoms with van der Waals surface area (Å²) in [5.41, 5.74) is 7.32. The Balaban J connectivity index is 1.72. The van der Waals surface area contributed by atoms with Crippen LogP contribution in [-0.2, 0) is 11.3 Å². The standard InChI is InChI=1S/C18H19ClN2O3/c19-15-10-14(17(22)16(20)11-15)8-4-5-9-21-18(23)24-12-13-6-2-1-3-7-13/h1-4,6-8,10-11,22H,5,9,12,20H2,(H,21,23). The number of phenolic OH excluding ortho intramolecular Hbond substituents is 1. The molecule has 0 unspecified atom stereocenters. The molecule has 126 valence electrons. The molecule has 24 heavy (non-hydrogen) atoms. The molecule has 2 aromatic rings. The molecule has 0 heterocycles. The number of nitrogens with one attached hydrogen (secondary N) is 1. The fourth-order valence-corrected chi connectivity index (χ4v) is 2.25. The highest BCUT2D eigenvalue weighted by Gasteiger charge is 2.04. The number of nitrogen functional groups attached to an aromatic ring is 1. The highest BCUT2D eigenvalue weighted by molar-refractivity contribution is 6.31. The van der Waals surface area contributed by atoms with Gasteiger partial charge >= 0.3 is 6.09 Å². The van der Waals surface area contributed by atoms with E-state index in [1.54, 1.807) is 12.1 Å². The Bertz CT molecular complexity index is 718. The topological polar surface area (TPSA) is 84.6 Å². The Kier molecular flexibility index (Phi) is 6.51. The van der Waals surface area contributed by atoms with Crippen LogP contribution in [0.15, 0.2) is 48.5 Å². The number of phenols is 1. The SMILES string of the molecule is Nc1cc(Cl)cc(C=CCCNC(=O)OCc2ccccc2)c1O. The van der Waals surface area contributed by atoms with E-state index in [2.05, 4.69) is 5.32 Å². The van der Waals surface area contributed by atoms with E-state index >= 15 is 0 Å². The zero-order chi connectivity index (χ0) is 17.4. The maximum atomic E-state index is 11.6. The molecule has 0 aliphatic rings. The third kappa shape index (κ3) is 5.52. The van der Waals surface area contributed by atoms with E-state index in [0.717, 1.165) is 5.56 Å². The first kappa shape index (κ1) is 17.7. The molecule has 0 spiro atoms. The minimum Gasteiger partial charge on any atom is -0.505 e. The van der Waals surface area contributed by atoms with E-state index in [-0.39, 0.29) is 18.0 Å². The molecule has 6 heteroatoms. The number of alkyl carbamates (subject to hydrolysis) is 1. The number of hydrogen-bond donors (Lipinski definition) is 3. The summed E-state index contributed by atoms with van der Waals surface area (Å²) < 4.78 is 5.10. The van der Waals surface area contributed by atoms with Crippen LogP contribution in [0.3, 0.4) is 0 Å². The van der Waals surface area contributed by atoms with Gasteiger partial charge in [0, 0.05) is 17.1 Å². The molecule has 0 aliphatic carbocycles.